The number of amides is 1. The molecule has 6 nitrogen and oxygen atoms in total. The zero-order valence-corrected chi connectivity index (χ0v) is 14.1. The van der Waals surface area contributed by atoms with E-state index < -0.39 is 5.97 Å². The van der Waals surface area contributed by atoms with Gasteiger partial charge in [-0.2, -0.15) is 0 Å². The Bertz CT molecular complexity index is 714. The van der Waals surface area contributed by atoms with E-state index in [1.54, 1.807) is 18.2 Å². The molecule has 0 fully saturated rings. The predicted octanol–water partition coefficient (Wildman–Crippen LogP) is 3.25. The maximum atomic E-state index is 12.3. The number of hydrogen-bond acceptors (Lipinski definition) is 4. The number of aryl methyl sites for hydroxylation is 1. The summed E-state index contributed by atoms with van der Waals surface area (Å²) in [6, 6.07) is 14.5. The van der Waals surface area contributed by atoms with Gasteiger partial charge < -0.3 is 9.84 Å². The van der Waals surface area contributed by atoms with Crippen LogP contribution in [0.25, 0.3) is 0 Å². The molecule has 0 aliphatic rings. The molecule has 2 rings (SSSR count). The van der Waals surface area contributed by atoms with Crippen LogP contribution in [0.1, 0.15) is 35.7 Å². The molecule has 0 aliphatic carbocycles. The van der Waals surface area contributed by atoms with Crippen molar-refractivity contribution in [2.45, 2.75) is 26.2 Å². The van der Waals surface area contributed by atoms with Crippen LogP contribution in [0.2, 0.25) is 0 Å². The molecule has 0 aliphatic heterocycles. The molecule has 0 heterocycles. The van der Waals surface area contributed by atoms with Crippen LogP contribution < -0.4 is 15.6 Å². The molecule has 3 N–H and O–H groups in total. The molecule has 1 amide bonds. The number of aliphatic carboxylic acids is 1. The third-order valence-corrected chi connectivity index (χ3v) is 3.56. The largest absolute Gasteiger partial charge is 0.493 e. The lowest BCUT2D eigenvalue weighted by molar-refractivity contribution is -0.137. The van der Waals surface area contributed by atoms with E-state index in [4.69, 9.17) is 9.84 Å². The Morgan fingerprint density at radius 1 is 1.08 bits per heavy atom. The van der Waals surface area contributed by atoms with Crippen LogP contribution in [0.3, 0.4) is 0 Å². The van der Waals surface area contributed by atoms with E-state index >= 15 is 0 Å². The molecule has 0 spiro atoms. The van der Waals surface area contributed by atoms with Crippen molar-refractivity contribution in [2.24, 2.45) is 0 Å². The predicted molar refractivity (Wildman–Crippen MR) is 95.7 cm³/mol. The van der Waals surface area contributed by atoms with E-state index in [1.165, 1.54) is 0 Å². The highest BCUT2D eigenvalue weighted by Gasteiger charge is 2.11. The summed E-state index contributed by atoms with van der Waals surface area (Å²) in [4.78, 5) is 22.8. The van der Waals surface area contributed by atoms with Crippen LogP contribution in [0.15, 0.2) is 48.5 Å². The number of hydrazine groups is 1. The van der Waals surface area contributed by atoms with Gasteiger partial charge in [-0.15, -0.1) is 0 Å². The SMILES string of the molecule is CCOc1ccccc1C(=O)NNc1ccc(CCCC(=O)O)cc1. The molecule has 132 valence electrons. The summed E-state index contributed by atoms with van der Waals surface area (Å²) in [5.41, 5.74) is 7.77. The van der Waals surface area contributed by atoms with Crippen molar-refractivity contribution < 1.29 is 19.4 Å². The summed E-state index contributed by atoms with van der Waals surface area (Å²) in [7, 11) is 0. The summed E-state index contributed by atoms with van der Waals surface area (Å²) in [5, 5.41) is 8.65. The summed E-state index contributed by atoms with van der Waals surface area (Å²) < 4.78 is 5.45. The number of carbonyl (C=O) groups is 2. The molecular weight excluding hydrogens is 320 g/mol. The van der Waals surface area contributed by atoms with Gasteiger partial charge in [-0.25, -0.2) is 0 Å². The van der Waals surface area contributed by atoms with Crippen molar-refractivity contribution >= 4 is 17.6 Å². The van der Waals surface area contributed by atoms with Crippen molar-refractivity contribution in [3.05, 3.63) is 59.7 Å². The molecule has 6 heteroatoms. The lowest BCUT2D eigenvalue weighted by atomic mass is 10.1. The molecule has 0 unspecified atom stereocenters. The molecule has 0 bridgehead atoms. The summed E-state index contributed by atoms with van der Waals surface area (Å²) in [6.07, 6.45) is 1.48. The van der Waals surface area contributed by atoms with Crippen LogP contribution in [0.4, 0.5) is 5.69 Å². The standard InChI is InChI=1S/C19H22N2O4/c1-2-25-17-8-4-3-7-16(17)19(24)21-20-15-12-10-14(11-13-15)6-5-9-18(22)23/h3-4,7-8,10-13,20H,2,5-6,9H2,1H3,(H,21,24)(H,22,23). The van der Waals surface area contributed by atoms with Crippen LogP contribution in [0.5, 0.6) is 5.75 Å². The summed E-state index contributed by atoms with van der Waals surface area (Å²) >= 11 is 0. The summed E-state index contributed by atoms with van der Waals surface area (Å²) in [5.74, 6) is -0.527. The lowest BCUT2D eigenvalue weighted by Crippen LogP contribution is -2.29. The fourth-order valence-electron chi connectivity index (χ4n) is 2.33. The van der Waals surface area contributed by atoms with Crippen molar-refractivity contribution in [3.8, 4) is 5.75 Å². The minimum atomic E-state index is -0.784. The van der Waals surface area contributed by atoms with Crippen LogP contribution in [0, 0.1) is 0 Å². The molecule has 25 heavy (non-hydrogen) atoms. The Morgan fingerprint density at radius 3 is 2.48 bits per heavy atom. The summed E-state index contributed by atoms with van der Waals surface area (Å²) in [6.45, 7) is 2.35. The Balaban J connectivity index is 1.88. The fourth-order valence-corrected chi connectivity index (χ4v) is 2.33. The van der Waals surface area contributed by atoms with E-state index in [9.17, 15) is 9.59 Å². The molecular formula is C19H22N2O4. The van der Waals surface area contributed by atoms with Crippen molar-refractivity contribution in [2.75, 3.05) is 12.0 Å². The zero-order valence-electron chi connectivity index (χ0n) is 14.1. The van der Waals surface area contributed by atoms with Crippen LogP contribution in [-0.4, -0.2) is 23.6 Å². The number of ether oxygens (including phenoxy) is 1. The number of benzene rings is 2. The van der Waals surface area contributed by atoms with Gasteiger partial charge in [-0.1, -0.05) is 24.3 Å². The number of para-hydroxylation sites is 1. The van der Waals surface area contributed by atoms with Crippen molar-refractivity contribution in [1.82, 2.24) is 5.43 Å². The minimum absolute atomic E-state index is 0.162. The maximum absolute atomic E-state index is 12.3. The smallest absolute Gasteiger partial charge is 0.303 e. The third kappa shape index (κ3) is 5.84. The molecule has 0 atom stereocenters. The Hall–Kier alpha value is -3.02. The van der Waals surface area contributed by atoms with Gasteiger partial charge in [0.25, 0.3) is 5.91 Å². The van der Waals surface area contributed by atoms with E-state index in [2.05, 4.69) is 10.9 Å². The maximum Gasteiger partial charge on any atom is 0.303 e. The number of carboxylic acid groups (broad SMARTS) is 1. The molecule has 0 saturated carbocycles. The molecule has 2 aromatic rings. The average molecular weight is 342 g/mol. The van der Waals surface area contributed by atoms with Crippen molar-refractivity contribution in [3.63, 3.8) is 0 Å². The number of carbonyl (C=O) groups excluding carboxylic acids is 1. The van der Waals surface area contributed by atoms with E-state index in [0.717, 1.165) is 11.3 Å². The first-order valence-corrected chi connectivity index (χ1v) is 8.19. The monoisotopic (exact) mass is 342 g/mol. The van der Waals surface area contributed by atoms with E-state index in [1.807, 2.05) is 37.3 Å². The normalized spacial score (nSPS) is 10.1. The molecule has 0 saturated heterocycles. The van der Waals surface area contributed by atoms with Crippen LogP contribution in [-0.2, 0) is 11.2 Å². The third-order valence-electron chi connectivity index (χ3n) is 3.56. The topological polar surface area (TPSA) is 87.7 Å². The first-order valence-electron chi connectivity index (χ1n) is 8.19. The second-order valence-electron chi connectivity index (χ2n) is 5.45. The van der Waals surface area contributed by atoms with Gasteiger partial charge in [0, 0.05) is 6.42 Å². The number of rotatable bonds is 9. The van der Waals surface area contributed by atoms with Gasteiger partial charge >= 0.3 is 5.97 Å². The Labute approximate surface area is 146 Å². The Morgan fingerprint density at radius 2 is 1.80 bits per heavy atom. The first kappa shape index (κ1) is 18.3. The van der Waals surface area contributed by atoms with Gasteiger partial charge in [0.05, 0.1) is 17.9 Å². The minimum Gasteiger partial charge on any atom is -0.493 e. The first-order chi connectivity index (χ1) is 12.1. The highest BCUT2D eigenvalue weighted by Crippen LogP contribution is 2.18. The van der Waals surface area contributed by atoms with Gasteiger partial charge in [0.2, 0.25) is 0 Å². The number of nitrogens with one attached hydrogen (secondary N) is 2. The van der Waals surface area contributed by atoms with Gasteiger partial charge in [0.1, 0.15) is 5.75 Å². The van der Waals surface area contributed by atoms with Gasteiger partial charge in [-0.3, -0.25) is 20.4 Å². The number of anilines is 1. The van der Waals surface area contributed by atoms with E-state index in [0.29, 0.717) is 30.8 Å². The lowest BCUT2D eigenvalue weighted by Gasteiger charge is -2.12. The average Bonchev–Trinajstić information content (AvgIpc) is 2.61. The van der Waals surface area contributed by atoms with Gasteiger partial charge in [0.15, 0.2) is 0 Å². The highest BCUT2D eigenvalue weighted by atomic mass is 16.5. The van der Waals surface area contributed by atoms with Crippen molar-refractivity contribution in [1.29, 1.82) is 0 Å². The molecule has 0 radical (unpaired) electrons. The number of carboxylic acids is 1. The van der Waals surface area contributed by atoms with E-state index in [-0.39, 0.29) is 12.3 Å². The molecule has 2 aromatic carbocycles. The molecule has 0 aromatic heterocycles. The van der Waals surface area contributed by atoms with Crippen LogP contribution >= 0.6 is 0 Å². The van der Waals surface area contributed by atoms with Gasteiger partial charge in [-0.05, 0) is 49.6 Å². The zero-order chi connectivity index (χ0) is 18.1. The fraction of sp³-hybridized carbons (Fsp3) is 0.263. The Kier molecular flexibility index (Phi) is 6.83. The second kappa shape index (κ2) is 9.32. The quantitative estimate of drug-likeness (QED) is 0.609. The second-order valence-corrected chi connectivity index (χ2v) is 5.45. The number of hydrogen-bond donors (Lipinski definition) is 3. The highest BCUT2D eigenvalue weighted by molar-refractivity contribution is 5.97.